The van der Waals surface area contributed by atoms with Crippen molar-refractivity contribution in [3.8, 4) is 5.69 Å². The van der Waals surface area contributed by atoms with Crippen LogP contribution in [-0.4, -0.2) is 25.7 Å². The maximum atomic E-state index is 12.1. The summed E-state index contributed by atoms with van der Waals surface area (Å²) in [7, 11) is 0. The molecule has 0 spiro atoms. The first kappa shape index (κ1) is 17.1. The number of rotatable bonds is 5. The molecule has 2 amide bonds. The number of nitrogens with one attached hydrogen (secondary N) is 2. The summed E-state index contributed by atoms with van der Waals surface area (Å²) in [6.45, 7) is 1.84. The lowest BCUT2D eigenvalue weighted by Gasteiger charge is -2.15. The van der Waals surface area contributed by atoms with Gasteiger partial charge in [0.25, 0.3) is 5.69 Å². The summed E-state index contributed by atoms with van der Waals surface area (Å²) >= 11 is 0. The van der Waals surface area contributed by atoms with E-state index < -0.39 is 11.0 Å². The molecule has 0 saturated carbocycles. The van der Waals surface area contributed by atoms with Gasteiger partial charge in [0.15, 0.2) is 0 Å². The fraction of sp³-hybridized carbons (Fsp3) is 0.118. The molecule has 3 aromatic rings. The quantitative estimate of drug-likeness (QED) is 0.541. The Kier molecular flexibility index (Phi) is 4.88. The fourth-order valence-corrected chi connectivity index (χ4v) is 2.40. The van der Waals surface area contributed by atoms with Gasteiger partial charge in [-0.2, -0.15) is 5.10 Å². The third kappa shape index (κ3) is 4.01. The molecule has 0 aliphatic carbocycles. The molecule has 1 atom stereocenters. The monoisotopic (exact) mass is 352 g/mol. The first-order valence-electron chi connectivity index (χ1n) is 7.80. The minimum absolute atomic E-state index is 0.0838. The standard InChI is InChI=1S/C17H16N6O3/c1-12(13-5-7-15(8-6-13)22-11-18-10-19-22)20-17(24)21-14-3-2-4-16(9-14)23(25)26/h2-12H,1H3,(H2,20,21,24). The third-order valence-electron chi connectivity index (χ3n) is 3.74. The number of hydrogen-bond acceptors (Lipinski definition) is 5. The second-order valence-electron chi connectivity index (χ2n) is 5.56. The van der Waals surface area contributed by atoms with Gasteiger partial charge in [-0.05, 0) is 30.7 Å². The summed E-state index contributed by atoms with van der Waals surface area (Å²) in [4.78, 5) is 26.3. The first-order chi connectivity index (χ1) is 12.5. The molecule has 2 aromatic carbocycles. The number of amides is 2. The number of urea groups is 1. The zero-order chi connectivity index (χ0) is 18.5. The van der Waals surface area contributed by atoms with Crippen molar-refractivity contribution in [3.05, 3.63) is 76.9 Å². The fourth-order valence-electron chi connectivity index (χ4n) is 2.40. The molecule has 2 N–H and O–H groups in total. The zero-order valence-electron chi connectivity index (χ0n) is 13.9. The minimum Gasteiger partial charge on any atom is -0.331 e. The number of nitro benzene ring substituents is 1. The van der Waals surface area contributed by atoms with E-state index >= 15 is 0 Å². The number of aromatic nitrogens is 3. The van der Waals surface area contributed by atoms with Crippen molar-refractivity contribution in [2.45, 2.75) is 13.0 Å². The second kappa shape index (κ2) is 7.43. The Balaban J connectivity index is 1.62. The van der Waals surface area contributed by atoms with Gasteiger partial charge in [0.2, 0.25) is 0 Å². The Bertz CT molecular complexity index is 909. The molecular formula is C17H16N6O3. The number of hydrogen-bond donors (Lipinski definition) is 2. The molecular weight excluding hydrogens is 336 g/mol. The molecule has 9 nitrogen and oxygen atoms in total. The van der Waals surface area contributed by atoms with Gasteiger partial charge in [0.05, 0.1) is 16.7 Å². The van der Waals surface area contributed by atoms with Crippen LogP contribution in [0.15, 0.2) is 61.2 Å². The summed E-state index contributed by atoms with van der Waals surface area (Å²) < 4.78 is 1.64. The molecule has 9 heteroatoms. The summed E-state index contributed by atoms with van der Waals surface area (Å²) in [5.41, 5.74) is 2.03. The van der Waals surface area contributed by atoms with Crippen LogP contribution < -0.4 is 10.6 Å². The van der Waals surface area contributed by atoms with Crippen molar-refractivity contribution in [1.29, 1.82) is 0 Å². The Labute approximate surface area is 148 Å². The van der Waals surface area contributed by atoms with E-state index in [-0.39, 0.29) is 11.7 Å². The lowest BCUT2D eigenvalue weighted by Crippen LogP contribution is -2.31. The lowest BCUT2D eigenvalue weighted by molar-refractivity contribution is -0.384. The van der Waals surface area contributed by atoms with E-state index in [1.54, 1.807) is 17.1 Å². The molecule has 0 aliphatic heterocycles. The van der Waals surface area contributed by atoms with Crippen molar-refractivity contribution >= 4 is 17.4 Å². The van der Waals surface area contributed by atoms with Crippen molar-refractivity contribution in [2.24, 2.45) is 0 Å². The molecule has 0 radical (unpaired) electrons. The van der Waals surface area contributed by atoms with Crippen LogP contribution in [0.5, 0.6) is 0 Å². The number of carbonyl (C=O) groups is 1. The highest BCUT2D eigenvalue weighted by Crippen LogP contribution is 2.18. The van der Waals surface area contributed by atoms with Crippen molar-refractivity contribution in [3.63, 3.8) is 0 Å². The van der Waals surface area contributed by atoms with Crippen LogP contribution >= 0.6 is 0 Å². The first-order valence-corrected chi connectivity index (χ1v) is 7.80. The average molecular weight is 352 g/mol. The maximum Gasteiger partial charge on any atom is 0.319 e. The summed E-state index contributed by atoms with van der Waals surface area (Å²) in [6, 6.07) is 12.6. The molecule has 3 rings (SSSR count). The van der Waals surface area contributed by atoms with E-state index in [9.17, 15) is 14.9 Å². The number of carbonyl (C=O) groups excluding carboxylic acids is 1. The van der Waals surface area contributed by atoms with E-state index in [1.807, 2.05) is 31.2 Å². The number of nitrogens with zero attached hydrogens (tertiary/aromatic N) is 4. The third-order valence-corrected chi connectivity index (χ3v) is 3.74. The van der Waals surface area contributed by atoms with E-state index in [0.717, 1.165) is 11.3 Å². The van der Waals surface area contributed by atoms with Gasteiger partial charge in [-0.3, -0.25) is 10.1 Å². The topological polar surface area (TPSA) is 115 Å². The Morgan fingerprint density at radius 2 is 2.00 bits per heavy atom. The molecule has 0 aliphatic rings. The molecule has 0 fully saturated rings. The molecule has 1 unspecified atom stereocenters. The van der Waals surface area contributed by atoms with Gasteiger partial charge in [-0.15, -0.1) is 0 Å². The molecule has 132 valence electrons. The average Bonchev–Trinajstić information content (AvgIpc) is 3.16. The van der Waals surface area contributed by atoms with Crippen molar-refractivity contribution in [1.82, 2.24) is 20.1 Å². The van der Waals surface area contributed by atoms with Crippen LogP contribution in [0.1, 0.15) is 18.5 Å². The number of benzene rings is 2. The summed E-state index contributed by atoms with van der Waals surface area (Å²) in [5, 5.41) is 20.2. The highest BCUT2D eigenvalue weighted by molar-refractivity contribution is 5.89. The van der Waals surface area contributed by atoms with Gasteiger partial charge >= 0.3 is 6.03 Å². The maximum absolute atomic E-state index is 12.1. The zero-order valence-corrected chi connectivity index (χ0v) is 13.9. The molecule has 26 heavy (non-hydrogen) atoms. The lowest BCUT2D eigenvalue weighted by atomic mass is 10.1. The van der Waals surface area contributed by atoms with Crippen LogP contribution in [0.2, 0.25) is 0 Å². The predicted octanol–water partition coefficient (Wildman–Crippen LogP) is 3.06. The Morgan fingerprint density at radius 1 is 1.23 bits per heavy atom. The van der Waals surface area contributed by atoms with Crippen molar-refractivity contribution < 1.29 is 9.72 Å². The highest BCUT2D eigenvalue weighted by Gasteiger charge is 2.12. The van der Waals surface area contributed by atoms with Gasteiger partial charge < -0.3 is 10.6 Å². The normalized spacial score (nSPS) is 11.6. The predicted molar refractivity (Wildman–Crippen MR) is 95.0 cm³/mol. The van der Waals surface area contributed by atoms with Gasteiger partial charge in [0.1, 0.15) is 12.7 Å². The van der Waals surface area contributed by atoms with E-state index in [4.69, 9.17) is 0 Å². The summed E-state index contributed by atoms with van der Waals surface area (Å²) in [5.74, 6) is 0. The highest BCUT2D eigenvalue weighted by atomic mass is 16.6. The largest absolute Gasteiger partial charge is 0.331 e. The summed E-state index contributed by atoms with van der Waals surface area (Å²) in [6.07, 6.45) is 3.06. The van der Waals surface area contributed by atoms with E-state index in [2.05, 4.69) is 20.7 Å². The number of non-ortho nitro benzene ring substituents is 1. The Hall–Kier alpha value is -3.75. The minimum atomic E-state index is -0.512. The van der Waals surface area contributed by atoms with Crippen LogP contribution in [0.4, 0.5) is 16.2 Å². The van der Waals surface area contributed by atoms with E-state index in [1.165, 1.54) is 24.5 Å². The smallest absolute Gasteiger partial charge is 0.319 e. The molecule has 1 aromatic heterocycles. The van der Waals surface area contributed by atoms with Crippen LogP contribution in [0.25, 0.3) is 5.69 Å². The number of nitro groups is 1. The SMILES string of the molecule is CC(NC(=O)Nc1cccc([N+](=O)[O-])c1)c1ccc(-n2cncn2)cc1. The molecule has 0 bridgehead atoms. The van der Waals surface area contributed by atoms with Crippen molar-refractivity contribution in [2.75, 3.05) is 5.32 Å². The van der Waals surface area contributed by atoms with Gasteiger partial charge in [-0.25, -0.2) is 14.5 Å². The second-order valence-corrected chi connectivity index (χ2v) is 5.56. The van der Waals surface area contributed by atoms with Crippen LogP contribution in [0.3, 0.4) is 0 Å². The van der Waals surface area contributed by atoms with E-state index in [0.29, 0.717) is 5.69 Å². The Morgan fingerprint density at radius 3 is 2.65 bits per heavy atom. The van der Waals surface area contributed by atoms with Gasteiger partial charge in [-0.1, -0.05) is 18.2 Å². The number of anilines is 1. The van der Waals surface area contributed by atoms with Gasteiger partial charge in [0, 0.05) is 17.8 Å². The van der Waals surface area contributed by atoms with Crippen LogP contribution in [-0.2, 0) is 0 Å². The molecule has 1 heterocycles. The van der Waals surface area contributed by atoms with Crippen LogP contribution in [0, 0.1) is 10.1 Å². The molecule has 0 saturated heterocycles.